The normalized spacial score (nSPS) is 16.6. The van der Waals surface area contributed by atoms with Crippen molar-refractivity contribution in [3.63, 3.8) is 0 Å². The van der Waals surface area contributed by atoms with Crippen molar-refractivity contribution in [1.29, 1.82) is 5.41 Å². The average Bonchev–Trinajstić information content (AvgIpc) is 2.84. The van der Waals surface area contributed by atoms with Crippen LogP contribution in [-0.2, 0) is 4.79 Å². The molecule has 0 bridgehead atoms. The number of amidine groups is 3. The monoisotopic (exact) mass is 581 g/mol. The topological polar surface area (TPSA) is 154 Å². The van der Waals surface area contributed by atoms with Crippen molar-refractivity contribution in [3.8, 4) is 11.5 Å². The molecular formula is C26H28BrN7O4. The molecule has 1 unspecified atom stereocenters. The van der Waals surface area contributed by atoms with E-state index in [1.165, 1.54) is 4.90 Å². The lowest BCUT2D eigenvalue weighted by atomic mass is 10.0. The molecule has 0 saturated carbocycles. The summed E-state index contributed by atoms with van der Waals surface area (Å²) in [5, 5.41) is 13.6. The summed E-state index contributed by atoms with van der Waals surface area (Å²) < 4.78 is 12.7. The van der Waals surface area contributed by atoms with Gasteiger partial charge in [-0.25, -0.2) is 0 Å². The van der Waals surface area contributed by atoms with Gasteiger partial charge in [0, 0.05) is 29.7 Å². The molecule has 2 amide bonds. The summed E-state index contributed by atoms with van der Waals surface area (Å²) in [4.78, 5) is 35.7. The highest BCUT2D eigenvalue weighted by atomic mass is 79.9. The highest BCUT2D eigenvalue weighted by Gasteiger charge is 2.34. The van der Waals surface area contributed by atoms with Crippen LogP contribution in [0.1, 0.15) is 36.2 Å². The maximum Gasteiger partial charge on any atom is 0.304 e. The number of nitrogen functional groups attached to an aromatic ring is 1. The van der Waals surface area contributed by atoms with Gasteiger partial charge in [-0.3, -0.25) is 25.3 Å². The second-order valence-corrected chi connectivity index (χ2v) is 10.3. The molecule has 38 heavy (non-hydrogen) atoms. The summed E-state index contributed by atoms with van der Waals surface area (Å²) >= 11 is 3.39. The van der Waals surface area contributed by atoms with Gasteiger partial charge in [0.1, 0.15) is 29.1 Å². The summed E-state index contributed by atoms with van der Waals surface area (Å²) in [5.74, 6) is 0.720. The third-order valence-electron chi connectivity index (χ3n) is 5.51. The first-order valence-electron chi connectivity index (χ1n) is 11.8. The van der Waals surface area contributed by atoms with Gasteiger partial charge in [-0.05, 0) is 48.7 Å². The van der Waals surface area contributed by atoms with Crippen LogP contribution in [0, 0.1) is 11.3 Å². The highest BCUT2D eigenvalue weighted by molar-refractivity contribution is 9.10. The molecule has 2 aliphatic rings. The van der Waals surface area contributed by atoms with Crippen LogP contribution in [0.4, 0.5) is 0 Å². The Bertz CT molecular complexity index is 1400. The fourth-order valence-corrected chi connectivity index (χ4v) is 4.22. The van der Waals surface area contributed by atoms with Crippen LogP contribution in [0.5, 0.6) is 11.5 Å². The Kier molecular flexibility index (Phi) is 7.81. The lowest BCUT2D eigenvalue weighted by molar-refractivity contribution is -0.122. The van der Waals surface area contributed by atoms with Crippen molar-refractivity contribution < 1.29 is 19.1 Å². The minimum Gasteiger partial charge on any atom is -0.437 e. The average molecular weight is 582 g/mol. The van der Waals surface area contributed by atoms with Gasteiger partial charge in [0.15, 0.2) is 5.84 Å². The molecule has 12 heteroatoms. The molecule has 2 aromatic rings. The zero-order chi connectivity index (χ0) is 27.6. The highest BCUT2D eigenvalue weighted by Crippen LogP contribution is 2.27. The van der Waals surface area contributed by atoms with E-state index in [0.717, 1.165) is 0 Å². The number of carbonyl (C=O) groups is 2. The summed E-state index contributed by atoms with van der Waals surface area (Å²) in [7, 11) is 3.34. The Labute approximate surface area is 228 Å². The molecule has 2 aliphatic heterocycles. The van der Waals surface area contributed by atoms with Crippen molar-refractivity contribution >= 4 is 45.4 Å². The Morgan fingerprint density at radius 3 is 2.55 bits per heavy atom. The van der Waals surface area contributed by atoms with Crippen LogP contribution in [-0.4, -0.2) is 54.5 Å². The number of hydrogen-bond donors (Lipinski definition) is 4. The number of ether oxygens (including phenoxy) is 2. The molecule has 2 heterocycles. The number of aliphatic imine (C=N–C) groups is 2. The van der Waals surface area contributed by atoms with E-state index >= 15 is 0 Å². The number of nitrogens with one attached hydrogen (secondary N) is 3. The third kappa shape index (κ3) is 6.20. The van der Waals surface area contributed by atoms with Crippen molar-refractivity contribution in [2.45, 2.75) is 26.3 Å². The number of fused-ring (bicyclic) bond motifs is 1. The van der Waals surface area contributed by atoms with Crippen molar-refractivity contribution in [2.24, 2.45) is 21.6 Å². The molecular weight excluding hydrogens is 554 g/mol. The molecule has 5 N–H and O–H groups in total. The molecule has 1 atom stereocenters. The van der Waals surface area contributed by atoms with E-state index in [2.05, 4.69) is 36.5 Å². The SMILES string of the molecule is CC(C)CC1N=C2NC(Oc3cccc(C(=O)N(C)C)c3)=NC(Oc3cc(Br)cc(C(=N)N)c3)=C2NC1=O. The molecule has 0 aromatic heterocycles. The van der Waals surface area contributed by atoms with E-state index in [9.17, 15) is 9.59 Å². The Morgan fingerprint density at radius 1 is 1.13 bits per heavy atom. The van der Waals surface area contributed by atoms with Crippen molar-refractivity contribution in [1.82, 2.24) is 15.5 Å². The standard InChI is InChI=1S/C26H28BrN7O4/c1-13(2)8-19-23(35)31-20-22(30-19)32-26(38-17-7-5-6-14(10-17)25(36)34(3)4)33-24(20)37-18-11-15(21(28)29)9-16(27)12-18/h5-7,9-13,19H,8H2,1-4H3,(H3,28,29)(H,31,35)(H,30,32,33). The lowest BCUT2D eigenvalue weighted by Gasteiger charge is -2.28. The number of amides is 2. The smallest absolute Gasteiger partial charge is 0.304 e. The minimum atomic E-state index is -0.599. The minimum absolute atomic E-state index is 0.0296. The number of nitrogens with two attached hydrogens (primary N) is 1. The van der Waals surface area contributed by atoms with E-state index in [4.69, 9.17) is 20.6 Å². The van der Waals surface area contributed by atoms with Crippen LogP contribution in [0.2, 0.25) is 0 Å². The first-order chi connectivity index (χ1) is 18.0. The molecule has 2 aromatic carbocycles. The maximum atomic E-state index is 12.8. The summed E-state index contributed by atoms with van der Waals surface area (Å²) in [6.07, 6.45) is 0.552. The van der Waals surface area contributed by atoms with Gasteiger partial charge in [-0.1, -0.05) is 35.8 Å². The van der Waals surface area contributed by atoms with Gasteiger partial charge in [-0.2, -0.15) is 4.99 Å². The van der Waals surface area contributed by atoms with Crippen molar-refractivity contribution in [3.05, 3.63) is 69.6 Å². The molecule has 198 valence electrons. The number of hydrogen-bond acceptors (Lipinski definition) is 8. The number of halogens is 1. The van der Waals surface area contributed by atoms with Gasteiger partial charge in [0.25, 0.3) is 11.8 Å². The predicted octanol–water partition coefficient (Wildman–Crippen LogP) is 2.96. The fourth-order valence-electron chi connectivity index (χ4n) is 3.75. The molecule has 0 spiro atoms. The van der Waals surface area contributed by atoms with E-state index in [1.807, 2.05) is 13.8 Å². The van der Waals surface area contributed by atoms with E-state index in [0.29, 0.717) is 39.4 Å². The number of carbonyl (C=O) groups excluding carboxylic acids is 2. The van der Waals surface area contributed by atoms with Gasteiger partial charge < -0.3 is 25.4 Å². The predicted molar refractivity (Wildman–Crippen MR) is 147 cm³/mol. The Balaban J connectivity index is 1.73. The first kappa shape index (κ1) is 26.9. The van der Waals surface area contributed by atoms with Gasteiger partial charge in [-0.15, -0.1) is 0 Å². The number of rotatable bonds is 7. The Hall–Kier alpha value is -4.19. The maximum absolute atomic E-state index is 12.8. The van der Waals surface area contributed by atoms with E-state index in [1.54, 1.807) is 56.6 Å². The van der Waals surface area contributed by atoms with Gasteiger partial charge >= 0.3 is 6.02 Å². The van der Waals surface area contributed by atoms with Gasteiger partial charge in [0.2, 0.25) is 5.91 Å². The molecule has 0 aliphatic carbocycles. The number of benzene rings is 2. The molecule has 4 rings (SSSR count). The van der Waals surface area contributed by atoms with Crippen LogP contribution in [0.15, 0.2) is 68.5 Å². The van der Waals surface area contributed by atoms with Crippen molar-refractivity contribution in [2.75, 3.05) is 14.1 Å². The van der Waals surface area contributed by atoms with E-state index < -0.39 is 6.04 Å². The summed E-state index contributed by atoms with van der Waals surface area (Å²) in [6, 6.07) is 11.1. The zero-order valence-electron chi connectivity index (χ0n) is 21.3. The molecule has 0 saturated heterocycles. The summed E-state index contributed by atoms with van der Waals surface area (Å²) in [5.41, 5.74) is 6.80. The van der Waals surface area contributed by atoms with Crippen LogP contribution < -0.4 is 25.8 Å². The van der Waals surface area contributed by atoms with E-state index in [-0.39, 0.29) is 41.2 Å². The Morgan fingerprint density at radius 2 is 1.87 bits per heavy atom. The number of nitrogens with zero attached hydrogens (tertiary/aromatic N) is 3. The second-order valence-electron chi connectivity index (χ2n) is 9.36. The second kappa shape index (κ2) is 11.1. The van der Waals surface area contributed by atoms with Crippen LogP contribution in [0.25, 0.3) is 0 Å². The third-order valence-corrected chi connectivity index (χ3v) is 5.97. The summed E-state index contributed by atoms with van der Waals surface area (Å²) in [6.45, 7) is 4.03. The fraction of sp³-hybridized carbons (Fsp3) is 0.269. The first-order valence-corrected chi connectivity index (χ1v) is 12.6. The zero-order valence-corrected chi connectivity index (χ0v) is 22.9. The quantitative estimate of drug-likeness (QED) is 0.291. The molecule has 0 radical (unpaired) electrons. The molecule has 11 nitrogen and oxygen atoms in total. The van der Waals surface area contributed by atoms with Crippen LogP contribution in [0.3, 0.4) is 0 Å². The largest absolute Gasteiger partial charge is 0.437 e. The van der Waals surface area contributed by atoms with Gasteiger partial charge in [0.05, 0.1) is 0 Å². The lowest BCUT2D eigenvalue weighted by Crippen LogP contribution is -2.51. The molecule has 0 fully saturated rings. The van der Waals surface area contributed by atoms with Crippen LogP contribution >= 0.6 is 15.9 Å².